The maximum absolute atomic E-state index is 12.4. The molecule has 2 fully saturated rings. The second-order valence-electron chi connectivity index (χ2n) is 7.11. The molecule has 2 saturated heterocycles. The number of hydrogen-bond acceptors (Lipinski definition) is 5. The Morgan fingerprint density at radius 1 is 1.12 bits per heavy atom. The summed E-state index contributed by atoms with van der Waals surface area (Å²) >= 11 is 0. The van der Waals surface area contributed by atoms with Gasteiger partial charge in [0.25, 0.3) is 5.91 Å². The molecule has 1 aromatic heterocycles. The fraction of sp³-hybridized carbons (Fsp3) is 0.667. The maximum Gasteiger partial charge on any atom is 0.274 e. The molecule has 0 bridgehead atoms. The van der Waals surface area contributed by atoms with E-state index in [1.807, 2.05) is 11.0 Å². The smallest absolute Gasteiger partial charge is 0.274 e. The van der Waals surface area contributed by atoms with Crippen LogP contribution in [-0.4, -0.2) is 69.2 Å². The van der Waals surface area contributed by atoms with Crippen molar-refractivity contribution in [1.29, 1.82) is 0 Å². The second-order valence-corrected chi connectivity index (χ2v) is 7.11. The first-order valence-electron chi connectivity index (χ1n) is 9.08. The lowest BCUT2D eigenvalue weighted by atomic mass is 9.93. The molecule has 1 atom stereocenters. The fourth-order valence-corrected chi connectivity index (χ4v) is 3.63. The van der Waals surface area contributed by atoms with Crippen LogP contribution in [0.1, 0.15) is 48.8 Å². The van der Waals surface area contributed by atoms with Gasteiger partial charge in [0, 0.05) is 33.1 Å². The van der Waals surface area contributed by atoms with E-state index in [0.717, 1.165) is 38.0 Å². The van der Waals surface area contributed by atoms with Crippen LogP contribution in [0.3, 0.4) is 0 Å². The topological polar surface area (TPSA) is 86.6 Å². The molecule has 1 N–H and O–H groups in total. The maximum atomic E-state index is 12.4. The Kier molecular flexibility index (Phi) is 5.63. The van der Waals surface area contributed by atoms with Crippen LogP contribution in [0.25, 0.3) is 0 Å². The molecule has 136 valence electrons. The zero-order chi connectivity index (χ0) is 17.8. The lowest BCUT2D eigenvalue weighted by Crippen LogP contribution is -2.40. The Morgan fingerprint density at radius 3 is 2.52 bits per heavy atom. The van der Waals surface area contributed by atoms with Gasteiger partial charge in [-0.2, -0.15) is 5.10 Å². The van der Waals surface area contributed by atoms with E-state index in [2.05, 4.69) is 10.2 Å². The molecule has 3 heterocycles. The van der Waals surface area contributed by atoms with Gasteiger partial charge >= 0.3 is 0 Å². The van der Waals surface area contributed by atoms with E-state index in [1.165, 1.54) is 0 Å². The minimum Gasteiger partial charge on any atom is -0.393 e. The number of piperidine rings is 2. The highest BCUT2D eigenvalue weighted by Gasteiger charge is 2.24. The van der Waals surface area contributed by atoms with Gasteiger partial charge in [-0.15, -0.1) is 5.10 Å². The molecular formula is C18H26N4O3. The van der Waals surface area contributed by atoms with E-state index in [9.17, 15) is 14.7 Å². The first-order valence-corrected chi connectivity index (χ1v) is 9.08. The van der Waals surface area contributed by atoms with E-state index in [1.54, 1.807) is 17.9 Å². The number of rotatable bonds is 3. The zero-order valence-electron chi connectivity index (χ0n) is 14.7. The summed E-state index contributed by atoms with van der Waals surface area (Å²) in [6, 6.07) is 3.60. The summed E-state index contributed by atoms with van der Waals surface area (Å²) < 4.78 is 0. The average molecular weight is 346 g/mol. The third kappa shape index (κ3) is 4.54. The quantitative estimate of drug-likeness (QED) is 0.878. The molecule has 0 saturated carbocycles. The largest absolute Gasteiger partial charge is 0.393 e. The summed E-state index contributed by atoms with van der Waals surface area (Å²) in [6.07, 6.45) is 3.82. The molecule has 0 aliphatic carbocycles. The molecule has 0 aromatic carbocycles. The van der Waals surface area contributed by atoms with Crippen molar-refractivity contribution in [2.24, 2.45) is 5.92 Å². The summed E-state index contributed by atoms with van der Waals surface area (Å²) in [7, 11) is 0. The molecule has 0 unspecified atom stereocenters. The number of aromatic nitrogens is 2. The number of likely N-dealkylation sites (tertiary alicyclic amines) is 2. The molecule has 25 heavy (non-hydrogen) atoms. The number of nitrogens with zero attached hydrogens (tertiary/aromatic N) is 4. The Labute approximate surface area is 148 Å². The van der Waals surface area contributed by atoms with Gasteiger partial charge in [0.05, 0.1) is 11.8 Å². The Balaban J connectivity index is 1.57. The van der Waals surface area contributed by atoms with Crippen LogP contribution in [0.4, 0.5) is 0 Å². The van der Waals surface area contributed by atoms with Crippen molar-refractivity contribution < 1.29 is 14.7 Å². The van der Waals surface area contributed by atoms with Crippen LogP contribution in [0, 0.1) is 5.92 Å². The van der Waals surface area contributed by atoms with Crippen LogP contribution in [0.15, 0.2) is 12.1 Å². The summed E-state index contributed by atoms with van der Waals surface area (Å²) in [5, 5.41) is 17.9. The molecule has 2 amide bonds. The minimum absolute atomic E-state index is 0.119. The Morgan fingerprint density at radius 2 is 1.88 bits per heavy atom. The molecule has 7 nitrogen and oxygen atoms in total. The van der Waals surface area contributed by atoms with Crippen LogP contribution < -0.4 is 0 Å². The van der Waals surface area contributed by atoms with Gasteiger partial charge in [0.2, 0.25) is 5.91 Å². The molecule has 2 aliphatic rings. The second kappa shape index (κ2) is 7.91. The highest BCUT2D eigenvalue weighted by Crippen LogP contribution is 2.20. The van der Waals surface area contributed by atoms with Gasteiger partial charge in [-0.25, -0.2) is 0 Å². The van der Waals surface area contributed by atoms with Gasteiger partial charge < -0.3 is 14.9 Å². The third-order valence-corrected chi connectivity index (χ3v) is 5.15. The summed E-state index contributed by atoms with van der Waals surface area (Å²) in [5.41, 5.74) is 1.22. The highest BCUT2D eigenvalue weighted by molar-refractivity contribution is 5.92. The number of aliphatic hydroxyl groups is 1. The van der Waals surface area contributed by atoms with E-state index < -0.39 is 0 Å². The number of amides is 2. The molecule has 7 heteroatoms. The molecule has 0 spiro atoms. The van der Waals surface area contributed by atoms with E-state index in [0.29, 0.717) is 37.5 Å². The fourth-order valence-electron chi connectivity index (χ4n) is 3.63. The molecule has 1 aromatic rings. The van der Waals surface area contributed by atoms with Gasteiger partial charge in [0.15, 0.2) is 5.69 Å². The number of carbonyl (C=O) groups is 2. The van der Waals surface area contributed by atoms with Crippen LogP contribution in [0.2, 0.25) is 0 Å². The molecular weight excluding hydrogens is 320 g/mol. The zero-order valence-corrected chi connectivity index (χ0v) is 14.7. The lowest BCUT2D eigenvalue weighted by molar-refractivity contribution is -0.130. The summed E-state index contributed by atoms with van der Waals surface area (Å²) in [6.45, 7) is 4.35. The normalized spacial score (nSPS) is 22.1. The first kappa shape index (κ1) is 17.8. The predicted octanol–water partition coefficient (Wildman–Crippen LogP) is 0.874. The standard InChI is InChI=1S/C18H26N4O3/c1-13(23)22-8-2-3-14(12-22)11-15-4-5-17(20-19-15)18(25)21-9-6-16(24)7-10-21/h4-5,14,16,24H,2-3,6-12H2,1H3/t14-/m1/s1. The SMILES string of the molecule is CC(=O)N1CCC[C@H](Cc2ccc(C(=O)N3CCC(O)CC3)nn2)C1. The lowest BCUT2D eigenvalue weighted by Gasteiger charge is -2.31. The number of hydrogen-bond donors (Lipinski definition) is 1. The van der Waals surface area contributed by atoms with Crippen molar-refractivity contribution in [2.75, 3.05) is 26.2 Å². The van der Waals surface area contributed by atoms with Crippen molar-refractivity contribution in [3.63, 3.8) is 0 Å². The summed E-state index contributed by atoms with van der Waals surface area (Å²) in [5.74, 6) is 0.409. The average Bonchev–Trinajstić information content (AvgIpc) is 2.63. The molecule has 2 aliphatic heterocycles. The highest BCUT2D eigenvalue weighted by atomic mass is 16.3. The van der Waals surface area contributed by atoms with Crippen molar-refractivity contribution in [3.8, 4) is 0 Å². The monoisotopic (exact) mass is 346 g/mol. The van der Waals surface area contributed by atoms with E-state index >= 15 is 0 Å². The molecule has 0 radical (unpaired) electrons. The van der Waals surface area contributed by atoms with Crippen molar-refractivity contribution in [2.45, 2.75) is 45.1 Å². The van der Waals surface area contributed by atoms with Gasteiger partial charge in [-0.05, 0) is 50.2 Å². The molecule has 3 rings (SSSR count). The third-order valence-electron chi connectivity index (χ3n) is 5.15. The van der Waals surface area contributed by atoms with Gasteiger partial charge in [-0.1, -0.05) is 0 Å². The predicted molar refractivity (Wildman–Crippen MR) is 91.9 cm³/mol. The van der Waals surface area contributed by atoms with Crippen molar-refractivity contribution in [3.05, 3.63) is 23.5 Å². The Hall–Kier alpha value is -2.02. The van der Waals surface area contributed by atoms with Gasteiger partial charge in [0.1, 0.15) is 0 Å². The summed E-state index contributed by atoms with van der Waals surface area (Å²) in [4.78, 5) is 27.6. The van der Waals surface area contributed by atoms with E-state index in [-0.39, 0.29) is 17.9 Å². The van der Waals surface area contributed by atoms with Crippen LogP contribution in [0.5, 0.6) is 0 Å². The van der Waals surface area contributed by atoms with Crippen LogP contribution in [-0.2, 0) is 11.2 Å². The van der Waals surface area contributed by atoms with Crippen molar-refractivity contribution >= 4 is 11.8 Å². The minimum atomic E-state index is -0.303. The van der Waals surface area contributed by atoms with E-state index in [4.69, 9.17) is 0 Å². The number of aliphatic hydroxyl groups excluding tert-OH is 1. The van der Waals surface area contributed by atoms with Crippen LogP contribution >= 0.6 is 0 Å². The number of carbonyl (C=O) groups excluding carboxylic acids is 2. The Bertz CT molecular complexity index is 611. The van der Waals surface area contributed by atoms with Gasteiger partial charge in [-0.3, -0.25) is 9.59 Å². The first-order chi connectivity index (χ1) is 12.0. The van der Waals surface area contributed by atoms with Crippen molar-refractivity contribution in [1.82, 2.24) is 20.0 Å².